The van der Waals surface area contributed by atoms with E-state index in [9.17, 15) is 4.39 Å². The van der Waals surface area contributed by atoms with Gasteiger partial charge in [-0.05, 0) is 44.0 Å². The number of nitrogens with zero attached hydrogens (tertiary/aromatic N) is 6. The van der Waals surface area contributed by atoms with E-state index in [-0.39, 0.29) is 5.82 Å². The van der Waals surface area contributed by atoms with E-state index in [2.05, 4.69) is 24.8 Å². The first-order chi connectivity index (χ1) is 13.1. The third-order valence-electron chi connectivity index (χ3n) is 5.33. The fraction of sp³-hybridized carbons (Fsp3) is 0.450. The fourth-order valence-corrected chi connectivity index (χ4v) is 3.84. The van der Waals surface area contributed by atoms with Gasteiger partial charge in [-0.2, -0.15) is 5.10 Å². The smallest absolute Gasteiger partial charge is 0.154 e. The zero-order chi connectivity index (χ0) is 18.8. The first-order valence-electron chi connectivity index (χ1n) is 9.43. The average molecular weight is 368 g/mol. The summed E-state index contributed by atoms with van der Waals surface area (Å²) in [7, 11) is 2.02. The van der Waals surface area contributed by atoms with E-state index < -0.39 is 0 Å². The number of rotatable bonds is 5. The van der Waals surface area contributed by atoms with Crippen molar-refractivity contribution < 1.29 is 4.39 Å². The number of aromatic nitrogens is 5. The van der Waals surface area contributed by atoms with Gasteiger partial charge in [-0.25, -0.2) is 4.39 Å². The van der Waals surface area contributed by atoms with Crippen molar-refractivity contribution in [2.24, 2.45) is 7.05 Å². The van der Waals surface area contributed by atoms with Crippen LogP contribution in [0.4, 0.5) is 4.39 Å². The lowest BCUT2D eigenvalue weighted by atomic mass is 9.96. The highest BCUT2D eigenvalue weighted by Crippen LogP contribution is 2.27. The van der Waals surface area contributed by atoms with Gasteiger partial charge < -0.3 is 4.57 Å². The SMILES string of the molecule is Cc1ccc(CN2CCC[C@H](c3nnc(Cn4cccn4)n3C)C2)c(F)c1. The van der Waals surface area contributed by atoms with Gasteiger partial charge in [0.05, 0.1) is 0 Å². The Hall–Kier alpha value is -2.54. The molecule has 0 spiro atoms. The van der Waals surface area contributed by atoms with Gasteiger partial charge in [0.25, 0.3) is 0 Å². The first kappa shape index (κ1) is 17.9. The molecule has 0 N–H and O–H groups in total. The number of likely N-dealkylation sites (tertiary alicyclic amines) is 1. The minimum atomic E-state index is -0.114. The molecule has 142 valence electrons. The number of aryl methyl sites for hydroxylation is 1. The van der Waals surface area contributed by atoms with Crippen LogP contribution in [0.15, 0.2) is 36.7 Å². The Morgan fingerprint density at radius 3 is 2.89 bits per heavy atom. The second-order valence-electron chi connectivity index (χ2n) is 7.41. The molecule has 0 unspecified atom stereocenters. The summed E-state index contributed by atoms with van der Waals surface area (Å²) in [5.41, 5.74) is 1.72. The highest BCUT2D eigenvalue weighted by atomic mass is 19.1. The maximum Gasteiger partial charge on any atom is 0.154 e. The van der Waals surface area contributed by atoms with Gasteiger partial charge >= 0.3 is 0 Å². The van der Waals surface area contributed by atoms with E-state index in [1.165, 1.54) is 0 Å². The van der Waals surface area contributed by atoms with Crippen molar-refractivity contribution in [2.75, 3.05) is 13.1 Å². The van der Waals surface area contributed by atoms with Crippen LogP contribution in [0.2, 0.25) is 0 Å². The lowest BCUT2D eigenvalue weighted by Crippen LogP contribution is -2.35. The molecule has 0 amide bonds. The standard InChI is InChI=1S/C20H25FN6/c1-15-6-7-16(18(21)11-15)12-26-9-3-5-17(13-26)20-24-23-19(25(20)2)14-27-10-4-8-22-27/h4,6-8,10-11,17H,3,5,9,12-14H2,1-2H3/t17-/m0/s1. The van der Waals surface area contributed by atoms with Gasteiger partial charge in [0.15, 0.2) is 5.82 Å². The van der Waals surface area contributed by atoms with Crippen LogP contribution in [0.25, 0.3) is 0 Å². The number of piperidine rings is 1. The molecule has 1 aliphatic rings. The quantitative estimate of drug-likeness (QED) is 0.695. The average Bonchev–Trinajstić information content (AvgIpc) is 3.29. The molecule has 4 rings (SSSR count). The number of benzene rings is 1. The minimum Gasteiger partial charge on any atom is -0.316 e. The van der Waals surface area contributed by atoms with E-state index in [0.717, 1.165) is 48.7 Å². The van der Waals surface area contributed by atoms with Crippen LogP contribution >= 0.6 is 0 Å². The third kappa shape index (κ3) is 3.93. The Labute approximate surface area is 158 Å². The van der Waals surface area contributed by atoms with E-state index in [0.29, 0.717) is 19.0 Å². The predicted molar refractivity (Wildman–Crippen MR) is 101 cm³/mol. The Balaban J connectivity index is 1.46. The van der Waals surface area contributed by atoms with Crippen molar-refractivity contribution in [1.82, 2.24) is 29.4 Å². The summed E-state index contributed by atoms with van der Waals surface area (Å²) < 4.78 is 18.1. The van der Waals surface area contributed by atoms with E-state index in [4.69, 9.17) is 0 Å². The number of hydrogen-bond donors (Lipinski definition) is 0. The molecule has 3 heterocycles. The molecule has 1 aromatic carbocycles. The van der Waals surface area contributed by atoms with Crippen molar-refractivity contribution in [3.05, 3.63) is 65.3 Å². The Kier molecular flexibility index (Phi) is 5.03. The van der Waals surface area contributed by atoms with Gasteiger partial charge in [-0.3, -0.25) is 9.58 Å². The second kappa shape index (κ2) is 7.60. The molecular formula is C20H25FN6. The second-order valence-corrected chi connectivity index (χ2v) is 7.41. The maximum absolute atomic E-state index is 14.2. The van der Waals surface area contributed by atoms with Crippen LogP contribution < -0.4 is 0 Å². The van der Waals surface area contributed by atoms with Crippen LogP contribution in [-0.4, -0.2) is 42.5 Å². The van der Waals surface area contributed by atoms with Crippen LogP contribution in [-0.2, 0) is 20.1 Å². The molecule has 0 aliphatic carbocycles. The molecule has 0 bridgehead atoms. The van der Waals surface area contributed by atoms with E-state index in [1.807, 2.05) is 43.0 Å². The predicted octanol–water partition coefficient (Wildman–Crippen LogP) is 2.89. The Morgan fingerprint density at radius 1 is 1.22 bits per heavy atom. The maximum atomic E-state index is 14.2. The van der Waals surface area contributed by atoms with Crippen molar-refractivity contribution in [2.45, 2.75) is 38.8 Å². The van der Waals surface area contributed by atoms with E-state index in [1.54, 1.807) is 12.3 Å². The zero-order valence-electron chi connectivity index (χ0n) is 15.8. The molecule has 0 saturated carbocycles. The highest BCUT2D eigenvalue weighted by Gasteiger charge is 2.26. The van der Waals surface area contributed by atoms with Crippen LogP contribution in [0.1, 0.15) is 41.5 Å². The number of hydrogen-bond acceptors (Lipinski definition) is 4. The highest BCUT2D eigenvalue weighted by molar-refractivity contribution is 5.23. The molecule has 1 aliphatic heterocycles. The Bertz CT molecular complexity index is 901. The largest absolute Gasteiger partial charge is 0.316 e. The molecule has 7 heteroatoms. The zero-order valence-corrected chi connectivity index (χ0v) is 15.8. The van der Waals surface area contributed by atoms with Gasteiger partial charge in [0, 0.05) is 44.0 Å². The molecule has 1 saturated heterocycles. The van der Waals surface area contributed by atoms with E-state index >= 15 is 0 Å². The minimum absolute atomic E-state index is 0.114. The molecule has 6 nitrogen and oxygen atoms in total. The van der Waals surface area contributed by atoms with Crippen molar-refractivity contribution in [3.63, 3.8) is 0 Å². The molecule has 0 radical (unpaired) electrons. The van der Waals surface area contributed by atoms with Gasteiger partial charge in [0.1, 0.15) is 18.2 Å². The molecule has 1 atom stereocenters. The van der Waals surface area contributed by atoms with Crippen LogP contribution in [0, 0.1) is 12.7 Å². The van der Waals surface area contributed by atoms with Crippen molar-refractivity contribution in [3.8, 4) is 0 Å². The van der Waals surface area contributed by atoms with Gasteiger partial charge in [0.2, 0.25) is 0 Å². The summed E-state index contributed by atoms with van der Waals surface area (Å²) in [5, 5.41) is 13.1. The summed E-state index contributed by atoms with van der Waals surface area (Å²) in [4.78, 5) is 2.32. The topological polar surface area (TPSA) is 51.8 Å². The summed E-state index contributed by atoms with van der Waals surface area (Å²) in [6.07, 6.45) is 5.85. The summed E-state index contributed by atoms with van der Waals surface area (Å²) in [5.74, 6) is 2.11. The fourth-order valence-electron chi connectivity index (χ4n) is 3.84. The number of halogens is 1. The van der Waals surface area contributed by atoms with Gasteiger partial charge in [-0.15, -0.1) is 10.2 Å². The normalized spacial score (nSPS) is 18.1. The van der Waals surface area contributed by atoms with Crippen LogP contribution in [0.3, 0.4) is 0 Å². The van der Waals surface area contributed by atoms with Crippen LogP contribution in [0.5, 0.6) is 0 Å². The first-order valence-corrected chi connectivity index (χ1v) is 9.43. The van der Waals surface area contributed by atoms with Crippen molar-refractivity contribution in [1.29, 1.82) is 0 Å². The molecule has 3 aromatic rings. The Morgan fingerprint density at radius 2 is 2.11 bits per heavy atom. The molecule has 1 fully saturated rings. The summed E-state index contributed by atoms with van der Waals surface area (Å²) in [6, 6.07) is 7.39. The molecule has 2 aromatic heterocycles. The monoisotopic (exact) mass is 368 g/mol. The summed E-state index contributed by atoms with van der Waals surface area (Å²) >= 11 is 0. The summed E-state index contributed by atoms with van der Waals surface area (Å²) in [6.45, 7) is 5.03. The lowest BCUT2D eigenvalue weighted by molar-refractivity contribution is 0.193. The lowest BCUT2D eigenvalue weighted by Gasteiger charge is -2.32. The molecule has 27 heavy (non-hydrogen) atoms. The molecular weight excluding hydrogens is 343 g/mol. The van der Waals surface area contributed by atoms with Crippen molar-refractivity contribution >= 4 is 0 Å². The van der Waals surface area contributed by atoms with Gasteiger partial charge in [-0.1, -0.05) is 12.1 Å². The third-order valence-corrected chi connectivity index (χ3v) is 5.33.